The van der Waals surface area contributed by atoms with Crippen LogP contribution in [0.1, 0.15) is 0 Å². The van der Waals surface area contributed by atoms with Crippen LogP contribution in [0, 0.1) is 0 Å². The maximum absolute atomic E-state index is 8.48. The lowest BCUT2D eigenvalue weighted by molar-refractivity contribution is -0.0359. The summed E-state index contributed by atoms with van der Waals surface area (Å²) in [6.45, 7) is 0.0922. The Labute approximate surface area is 70.8 Å². The molecule has 0 atom stereocenters. The number of aliphatic hydroxyl groups excluding tert-OH is 1. The Morgan fingerprint density at radius 2 is 1.83 bits per heavy atom. The van der Waals surface area contributed by atoms with Gasteiger partial charge < -0.3 is 15.6 Å². The minimum absolute atomic E-state index is 0.0922. The summed E-state index contributed by atoms with van der Waals surface area (Å²) in [7, 11) is 0. The quantitative estimate of drug-likeness (QED) is 0.375. The zero-order valence-corrected chi connectivity index (χ0v) is 6.57. The van der Waals surface area contributed by atoms with Crippen molar-refractivity contribution >= 4 is 5.69 Å². The average molecular weight is 168 g/mol. The predicted molar refractivity (Wildman–Crippen MR) is 46.3 cm³/mol. The van der Waals surface area contributed by atoms with Crippen molar-refractivity contribution in [2.45, 2.75) is 6.29 Å². The smallest absolute Gasteiger partial charge is 0.165 e. The Morgan fingerprint density at radius 1 is 1.17 bits per heavy atom. The van der Waals surface area contributed by atoms with Gasteiger partial charge in [-0.15, -0.1) is 0 Å². The molecule has 66 valence electrons. The molecule has 0 spiro atoms. The lowest BCUT2D eigenvalue weighted by Crippen LogP contribution is -2.30. The zero-order valence-electron chi connectivity index (χ0n) is 6.57. The van der Waals surface area contributed by atoms with Crippen molar-refractivity contribution < 1.29 is 10.2 Å². The normalized spacial score (nSPS) is 10.2. The molecule has 0 aliphatic carbocycles. The third kappa shape index (κ3) is 3.34. The van der Waals surface area contributed by atoms with Gasteiger partial charge in [0.25, 0.3) is 0 Å². The van der Waals surface area contributed by atoms with E-state index < -0.39 is 6.29 Å². The van der Waals surface area contributed by atoms with Gasteiger partial charge in [0, 0.05) is 5.69 Å². The summed E-state index contributed by atoms with van der Waals surface area (Å²) in [5, 5.41) is 17.0. The van der Waals surface area contributed by atoms with E-state index in [1.165, 1.54) is 0 Å². The van der Waals surface area contributed by atoms with Crippen molar-refractivity contribution in [2.75, 3.05) is 12.0 Å². The van der Waals surface area contributed by atoms with Crippen LogP contribution in [0.4, 0.5) is 5.69 Å². The fourth-order valence-electron chi connectivity index (χ4n) is 0.766. The van der Waals surface area contributed by atoms with Crippen molar-refractivity contribution in [3.8, 4) is 0 Å². The number of nitrogens with one attached hydrogen (secondary N) is 2. The third-order valence-corrected chi connectivity index (χ3v) is 1.29. The van der Waals surface area contributed by atoms with Crippen LogP contribution < -0.4 is 10.9 Å². The molecule has 4 nitrogen and oxygen atoms in total. The predicted octanol–water partition coefficient (Wildman–Crippen LogP) is -0.0862. The Balaban J connectivity index is 2.25. The molecule has 0 saturated carbocycles. The van der Waals surface area contributed by atoms with E-state index in [4.69, 9.17) is 10.2 Å². The van der Waals surface area contributed by atoms with Gasteiger partial charge in [0.05, 0.1) is 6.54 Å². The minimum Gasteiger partial charge on any atom is -0.367 e. The summed E-state index contributed by atoms with van der Waals surface area (Å²) in [5.41, 5.74) is 6.34. The standard InChI is InChI=1S/C8H12N2O2/c11-8(12)6-9-10-7-4-2-1-3-5-7/h1-5,8-12H,6H2. The fourth-order valence-corrected chi connectivity index (χ4v) is 0.766. The Morgan fingerprint density at radius 3 is 2.42 bits per heavy atom. The molecule has 0 saturated heterocycles. The van der Waals surface area contributed by atoms with Gasteiger partial charge in [0.1, 0.15) is 0 Å². The molecule has 0 unspecified atom stereocenters. The van der Waals surface area contributed by atoms with Gasteiger partial charge in [0.2, 0.25) is 0 Å². The maximum atomic E-state index is 8.48. The average Bonchev–Trinajstić information content (AvgIpc) is 2.05. The van der Waals surface area contributed by atoms with Crippen LogP contribution in [0.3, 0.4) is 0 Å². The summed E-state index contributed by atoms with van der Waals surface area (Å²) < 4.78 is 0. The van der Waals surface area contributed by atoms with Gasteiger partial charge in [-0.2, -0.15) is 0 Å². The van der Waals surface area contributed by atoms with Crippen LogP contribution in [-0.2, 0) is 0 Å². The SMILES string of the molecule is OC(O)CNNc1ccccc1. The van der Waals surface area contributed by atoms with Gasteiger partial charge in [0.15, 0.2) is 6.29 Å². The van der Waals surface area contributed by atoms with Crippen molar-refractivity contribution in [1.82, 2.24) is 5.43 Å². The van der Waals surface area contributed by atoms with E-state index >= 15 is 0 Å². The second-order valence-electron chi connectivity index (χ2n) is 2.35. The van der Waals surface area contributed by atoms with Crippen LogP contribution in [0.2, 0.25) is 0 Å². The minimum atomic E-state index is -1.33. The van der Waals surface area contributed by atoms with E-state index in [9.17, 15) is 0 Å². The highest BCUT2D eigenvalue weighted by molar-refractivity contribution is 5.41. The molecule has 1 rings (SSSR count). The second-order valence-corrected chi connectivity index (χ2v) is 2.35. The van der Waals surface area contributed by atoms with Crippen LogP contribution in [-0.4, -0.2) is 23.0 Å². The molecule has 0 aliphatic heterocycles. The molecule has 0 amide bonds. The van der Waals surface area contributed by atoms with Crippen molar-refractivity contribution in [3.63, 3.8) is 0 Å². The summed E-state index contributed by atoms with van der Waals surface area (Å²) >= 11 is 0. The Hall–Kier alpha value is -1.10. The summed E-state index contributed by atoms with van der Waals surface area (Å²) in [5.74, 6) is 0. The number of hydrogen-bond donors (Lipinski definition) is 4. The molecule has 0 radical (unpaired) electrons. The molecule has 0 aromatic heterocycles. The number of para-hydroxylation sites is 1. The zero-order chi connectivity index (χ0) is 8.81. The van der Waals surface area contributed by atoms with Crippen molar-refractivity contribution in [3.05, 3.63) is 30.3 Å². The first-order chi connectivity index (χ1) is 5.79. The largest absolute Gasteiger partial charge is 0.367 e. The number of benzene rings is 1. The van der Waals surface area contributed by atoms with Gasteiger partial charge in [-0.1, -0.05) is 18.2 Å². The molecule has 1 aromatic rings. The maximum Gasteiger partial charge on any atom is 0.165 e. The van der Waals surface area contributed by atoms with E-state index in [0.717, 1.165) is 5.69 Å². The van der Waals surface area contributed by atoms with E-state index in [-0.39, 0.29) is 6.54 Å². The molecule has 4 heteroatoms. The molecule has 0 heterocycles. The van der Waals surface area contributed by atoms with Crippen molar-refractivity contribution in [1.29, 1.82) is 0 Å². The highest BCUT2D eigenvalue weighted by atomic mass is 16.5. The molecule has 1 aromatic carbocycles. The summed E-state index contributed by atoms with van der Waals surface area (Å²) in [6.07, 6.45) is -1.33. The van der Waals surface area contributed by atoms with Crippen molar-refractivity contribution in [2.24, 2.45) is 0 Å². The first kappa shape index (κ1) is 8.99. The monoisotopic (exact) mass is 168 g/mol. The lowest BCUT2D eigenvalue weighted by Gasteiger charge is -2.08. The van der Waals surface area contributed by atoms with E-state index in [2.05, 4.69) is 10.9 Å². The number of rotatable bonds is 4. The van der Waals surface area contributed by atoms with Gasteiger partial charge >= 0.3 is 0 Å². The van der Waals surface area contributed by atoms with Crippen LogP contribution in [0.5, 0.6) is 0 Å². The lowest BCUT2D eigenvalue weighted by atomic mass is 10.3. The molecule has 12 heavy (non-hydrogen) atoms. The molecular weight excluding hydrogens is 156 g/mol. The third-order valence-electron chi connectivity index (χ3n) is 1.29. The first-order valence-corrected chi connectivity index (χ1v) is 3.69. The Bertz CT molecular complexity index is 214. The van der Waals surface area contributed by atoms with Gasteiger partial charge in [-0.05, 0) is 12.1 Å². The topological polar surface area (TPSA) is 64.5 Å². The highest BCUT2D eigenvalue weighted by Crippen LogP contribution is 2.01. The van der Waals surface area contributed by atoms with E-state index in [1.54, 1.807) is 0 Å². The molecule has 0 bridgehead atoms. The van der Waals surface area contributed by atoms with E-state index in [0.29, 0.717) is 0 Å². The number of aliphatic hydroxyl groups is 2. The number of anilines is 1. The second kappa shape index (κ2) is 4.71. The fraction of sp³-hybridized carbons (Fsp3) is 0.250. The Kier molecular flexibility index (Phi) is 3.53. The van der Waals surface area contributed by atoms with Gasteiger partial charge in [-0.25, -0.2) is 5.43 Å². The van der Waals surface area contributed by atoms with Crippen LogP contribution >= 0.6 is 0 Å². The molecule has 0 fully saturated rings. The molecule has 4 N–H and O–H groups in total. The van der Waals surface area contributed by atoms with Gasteiger partial charge in [-0.3, -0.25) is 0 Å². The molecule has 0 aliphatic rings. The number of hydrazine groups is 1. The first-order valence-electron chi connectivity index (χ1n) is 3.69. The highest BCUT2D eigenvalue weighted by Gasteiger charge is 1.94. The van der Waals surface area contributed by atoms with E-state index in [1.807, 2.05) is 30.3 Å². The van der Waals surface area contributed by atoms with Crippen LogP contribution in [0.15, 0.2) is 30.3 Å². The summed E-state index contributed by atoms with van der Waals surface area (Å²) in [6, 6.07) is 9.43. The molecular formula is C8H12N2O2. The number of hydrogen-bond acceptors (Lipinski definition) is 4. The van der Waals surface area contributed by atoms with Crippen LogP contribution in [0.25, 0.3) is 0 Å². The summed E-state index contributed by atoms with van der Waals surface area (Å²) in [4.78, 5) is 0.